The Morgan fingerprint density at radius 1 is 1.44 bits per heavy atom. The Hall–Kier alpha value is -1.24. The number of carbonyl (C=O) groups is 1. The van der Waals surface area contributed by atoms with E-state index in [1.165, 1.54) is 0 Å². The van der Waals surface area contributed by atoms with Crippen LogP contribution in [-0.4, -0.2) is 44.7 Å². The summed E-state index contributed by atoms with van der Waals surface area (Å²) < 4.78 is 4.43. The van der Waals surface area contributed by atoms with E-state index in [0.717, 1.165) is 0 Å². The Morgan fingerprint density at radius 3 is 2.56 bits per heavy atom. The van der Waals surface area contributed by atoms with E-state index in [1.54, 1.807) is 4.90 Å². The number of nitrogen functional groups attached to an aromatic ring is 1. The van der Waals surface area contributed by atoms with Crippen LogP contribution in [0.5, 0.6) is 0 Å². The Morgan fingerprint density at radius 2 is 2.06 bits per heavy atom. The van der Waals surface area contributed by atoms with Crippen LogP contribution < -0.4 is 5.73 Å². The fourth-order valence-corrected chi connectivity index (χ4v) is 3.16. The number of thioether (sulfide) groups is 1. The molecule has 0 radical (unpaired) electrons. The van der Waals surface area contributed by atoms with Crippen LogP contribution in [0.15, 0.2) is 4.63 Å². The lowest BCUT2D eigenvalue weighted by molar-refractivity contribution is 0.0743. The van der Waals surface area contributed by atoms with Crippen LogP contribution in [0.25, 0.3) is 0 Å². The summed E-state index contributed by atoms with van der Waals surface area (Å²) in [5.41, 5.74) is 5.61. The van der Waals surface area contributed by atoms with Crippen LogP contribution in [0.4, 0.5) is 5.82 Å². The molecule has 0 aliphatic carbocycles. The fourth-order valence-electron chi connectivity index (χ4n) is 1.84. The van der Waals surface area contributed by atoms with E-state index >= 15 is 0 Å². The molecule has 1 amide bonds. The molecule has 2 unspecified atom stereocenters. The van der Waals surface area contributed by atoms with Gasteiger partial charge in [-0.2, -0.15) is 11.8 Å². The smallest absolute Gasteiger partial charge is 0.280 e. The normalized spacial score (nSPS) is 25.8. The standard InChI is InChI=1S/C9H14N4O2S/c1-5-3-13(4-6(2)16-5)9(14)7-8(10)12-15-11-7/h5-6H,3-4H2,1-2H3,(H2,10,12). The van der Waals surface area contributed by atoms with Crippen molar-refractivity contribution in [3.8, 4) is 0 Å². The lowest BCUT2D eigenvalue weighted by Gasteiger charge is -2.34. The summed E-state index contributed by atoms with van der Waals surface area (Å²) in [6.45, 7) is 5.62. The van der Waals surface area contributed by atoms with E-state index in [0.29, 0.717) is 23.6 Å². The number of hydrogen-bond donors (Lipinski definition) is 1. The Labute approximate surface area is 97.5 Å². The van der Waals surface area contributed by atoms with Crippen molar-refractivity contribution in [2.24, 2.45) is 0 Å². The van der Waals surface area contributed by atoms with Gasteiger partial charge in [-0.25, -0.2) is 4.63 Å². The van der Waals surface area contributed by atoms with E-state index in [4.69, 9.17) is 5.73 Å². The van der Waals surface area contributed by atoms with Gasteiger partial charge in [0.15, 0.2) is 0 Å². The van der Waals surface area contributed by atoms with Crippen LogP contribution in [-0.2, 0) is 0 Å². The van der Waals surface area contributed by atoms with Crippen LogP contribution in [0.3, 0.4) is 0 Å². The average Bonchev–Trinajstić information content (AvgIpc) is 2.62. The van der Waals surface area contributed by atoms with Crippen molar-refractivity contribution in [3.05, 3.63) is 5.69 Å². The van der Waals surface area contributed by atoms with E-state index in [2.05, 4.69) is 28.8 Å². The summed E-state index contributed by atoms with van der Waals surface area (Å²) in [7, 11) is 0. The number of aromatic nitrogens is 2. The van der Waals surface area contributed by atoms with Gasteiger partial charge in [0.1, 0.15) is 0 Å². The molecule has 2 atom stereocenters. The maximum atomic E-state index is 12.0. The second kappa shape index (κ2) is 4.32. The molecule has 7 heteroatoms. The maximum Gasteiger partial charge on any atom is 0.280 e. The second-order valence-electron chi connectivity index (χ2n) is 3.97. The monoisotopic (exact) mass is 242 g/mol. The molecule has 1 aliphatic rings. The van der Waals surface area contributed by atoms with E-state index in [-0.39, 0.29) is 17.4 Å². The highest BCUT2D eigenvalue weighted by atomic mass is 32.2. The quantitative estimate of drug-likeness (QED) is 0.777. The molecule has 0 aromatic carbocycles. The molecule has 2 heterocycles. The number of carbonyl (C=O) groups excluding carboxylic acids is 1. The molecule has 16 heavy (non-hydrogen) atoms. The van der Waals surface area contributed by atoms with Crippen molar-refractivity contribution in [3.63, 3.8) is 0 Å². The third kappa shape index (κ3) is 2.13. The first-order chi connectivity index (χ1) is 7.58. The van der Waals surface area contributed by atoms with Crippen molar-refractivity contribution in [2.75, 3.05) is 18.8 Å². The third-order valence-electron chi connectivity index (χ3n) is 2.42. The van der Waals surface area contributed by atoms with Gasteiger partial charge in [-0.15, -0.1) is 0 Å². The molecule has 2 rings (SSSR count). The largest absolute Gasteiger partial charge is 0.379 e. The molecule has 0 bridgehead atoms. The minimum Gasteiger partial charge on any atom is -0.379 e. The number of rotatable bonds is 1. The molecule has 0 spiro atoms. The summed E-state index contributed by atoms with van der Waals surface area (Å²) >= 11 is 1.88. The second-order valence-corrected chi connectivity index (χ2v) is 5.85. The molecule has 0 saturated carbocycles. The Bertz CT molecular complexity index is 385. The van der Waals surface area contributed by atoms with Gasteiger partial charge in [-0.1, -0.05) is 13.8 Å². The van der Waals surface area contributed by atoms with Crippen LogP contribution in [0, 0.1) is 0 Å². The molecular formula is C9H14N4O2S. The molecule has 1 fully saturated rings. The zero-order valence-corrected chi connectivity index (χ0v) is 10.0. The number of nitrogens with two attached hydrogens (primary N) is 1. The van der Waals surface area contributed by atoms with Crippen LogP contribution >= 0.6 is 11.8 Å². The van der Waals surface area contributed by atoms with Crippen molar-refractivity contribution in [1.29, 1.82) is 0 Å². The first kappa shape index (κ1) is 11.3. The van der Waals surface area contributed by atoms with Crippen molar-refractivity contribution in [1.82, 2.24) is 15.2 Å². The summed E-state index contributed by atoms with van der Waals surface area (Å²) in [6.07, 6.45) is 0. The van der Waals surface area contributed by atoms with Crippen LogP contribution in [0.2, 0.25) is 0 Å². The van der Waals surface area contributed by atoms with Gasteiger partial charge >= 0.3 is 0 Å². The summed E-state index contributed by atoms with van der Waals surface area (Å²) in [5.74, 6) is -0.138. The van der Waals surface area contributed by atoms with Crippen molar-refractivity contribution in [2.45, 2.75) is 24.3 Å². The number of anilines is 1. The molecule has 1 aromatic rings. The first-order valence-corrected chi connectivity index (χ1v) is 6.05. The molecule has 2 N–H and O–H groups in total. The number of amides is 1. The topological polar surface area (TPSA) is 85.2 Å². The van der Waals surface area contributed by atoms with E-state index in [9.17, 15) is 4.79 Å². The molecule has 1 saturated heterocycles. The van der Waals surface area contributed by atoms with Gasteiger partial charge in [-0.3, -0.25) is 4.79 Å². The third-order valence-corrected chi connectivity index (χ3v) is 3.65. The maximum absolute atomic E-state index is 12.0. The SMILES string of the molecule is CC1CN(C(=O)c2nonc2N)CC(C)S1. The predicted molar refractivity (Wildman–Crippen MR) is 61.1 cm³/mol. The summed E-state index contributed by atoms with van der Waals surface area (Å²) in [5, 5.41) is 7.79. The zero-order chi connectivity index (χ0) is 11.7. The highest BCUT2D eigenvalue weighted by molar-refractivity contribution is 8.00. The highest BCUT2D eigenvalue weighted by Crippen LogP contribution is 2.25. The zero-order valence-electron chi connectivity index (χ0n) is 9.21. The molecule has 1 aliphatic heterocycles. The lowest BCUT2D eigenvalue weighted by Crippen LogP contribution is -2.44. The predicted octanol–water partition coefficient (Wildman–Crippen LogP) is 0.618. The van der Waals surface area contributed by atoms with Gasteiger partial charge in [-0.05, 0) is 10.3 Å². The van der Waals surface area contributed by atoms with Crippen molar-refractivity contribution < 1.29 is 9.42 Å². The molecule has 6 nitrogen and oxygen atoms in total. The molecule has 1 aromatic heterocycles. The van der Waals surface area contributed by atoms with Crippen molar-refractivity contribution >= 4 is 23.5 Å². The minimum absolute atomic E-state index is 0.0588. The lowest BCUT2D eigenvalue weighted by atomic mass is 10.3. The first-order valence-electron chi connectivity index (χ1n) is 5.10. The van der Waals surface area contributed by atoms with Gasteiger partial charge < -0.3 is 10.6 Å². The van der Waals surface area contributed by atoms with Crippen LogP contribution in [0.1, 0.15) is 24.3 Å². The molecule has 88 valence electrons. The molecular weight excluding hydrogens is 228 g/mol. The summed E-state index contributed by atoms with van der Waals surface area (Å²) in [6, 6.07) is 0. The minimum atomic E-state index is -0.197. The Kier molecular flexibility index (Phi) is 3.04. The summed E-state index contributed by atoms with van der Waals surface area (Å²) in [4.78, 5) is 13.8. The average molecular weight is 242 g/mol. The van der Waals surface area contributed by atoms with E-state index in [1.807, 2.05) is 11.8 Å². The number of nitrogens with zero attached hydrogens (tertiary/aromatic N) is 3. The van der Waals surface area contributed by atoms with Gasteiger partial charge in [0, 0.05) is 23.6 Å². The van der Waals surface area contributed by atoms with Gasteiger partial charge in [0.2, 0.25) is 11.5 Å². The highest BCUT2D eigenvalue weighted by Gasteiger charge is 2.29. The fraction of sp³-hybridized carbons (Fsp3) is 0.667. The Balaban J connectivity index is 2.13. The van der Waals surface area contributed by atoms with E-state index < -0.39 is 0 Å². The van der Waals surface area contributed by atoms with Gasteiger partial charge in [0.05, 0.1) is 0 Å². The van der Waals surface area contributed by atoms with Gasteiger partial charge in [0.25, 0.3) is 5.91 Å². The number of hydrogen-bond acceptors (Lipinski definition) is 6.